The Balaban J connectivity index is 3.19. The van der Waals surface area contributed by atoms with Gasteiger partial charge in [-0.3, -0.25) is 9.78 Å². The zero-order valence-electron chi connectivity index (χ0n) is 11.0. The van der Waals surface area contributed by atoms with Crippen LogP contribution in [0.25, 0.3) is 0 Å². The van der Waals surface area contributed by atoms with Crippen LogP contribution < -0.4 is 5.73 Å². The third-order valence-corrected chi connectivity index (χ3v) is 3.80. The quantitative estimate of drug-likeness (QED) is 0.592. The third kappa shape index (κ3) is 3.41. The summed E-state index contributed by atoms with van der Waals surface area (Å²) in [5.74, 6) is -0.648. The number of rotatable bonds is 7. The zero-order chi connectivity index (χ0) is 14.3. The summed E-state index contributed by atoms with van der Waals surface area (Å²) in [5.41, 5.74) is 6.27. The van der Waals surface area contributed by atoms with Crippen molar-refractivity contribution in [3.05, 3.63) is 30.1 Å². The molecule has 3 unspecified atom stereocenters. The van der Waals surface area contributed by atoms with Crippen LogP contribution in [0.2, 0.25) is 0 Å². The summed E-state index contributed by atoms with van der Waals surface area (Å²) in [5, 5.41) is -1.41. The highest BCUT2D eigenvalue weighted by molar-refractivity contribution is 7.25. The molecule has 0 fully saturated rings. The molecule has 0 radical (unpaired) electrons. The molecule has 0 spiro atoms. The number of aromatic nitrogens is 1. The molecule has 0 saturated heterocycles. The predicted octanol–water partition coefficient (Wildman–Crippen LogP) is 0.918. The summed E-state index contributed by atoms with van der Waals surface area (Å²) in [7, 11) is -1.52. The van der Waals surface area contributed by atoms with Crippen LogP contribution >= 0.6 is 8.46 Å². The second-order valence-electron chi connectivity index (χ2n) is 3.79. The Labute approximate surface area is 113 Å². The van der Waals surface area contributed by atoms with Crippen molar-refractivity contribution >= 4 is 14.4 Å². The molecular formula is C12H19N2O4P. The minimum absolute atomic E-state index is 0.200. The van der Waals surface area contributed by atoms with E-state index in [-0.39, 0.29) is 13.2 Å². The molecule has 1 heterocycles. The van der Waals surface area contributed by atoms with Crippen LogP contribution in [0.1, 0.15) is 19.5 Å². The fourth-order valence-corrected chi connectivity index (χ4v) is 2.54. The number of carbonyl (C=O) groups is 1. The maximum atomic E-state index is 11.8. The van der Waals surface area contributed by atoms with E-state index in [9.17, 15) is 9.36 Å². The van der Waals surface area contributed by atoms with Gasteiger partial charge in [-0.25, -0.2) is 0 Å². The molecular weight excluding hydrogens is 267 g/mol. The number of pyridine rings is 1. The molecule has 3 atom stereocenters. The van der Waals surface area contributed by atoms with Crippen molar-refractivity contribution < 1.29 is 18.8 Å². The standard InChI is InChI=1S/C12H19N2O4P/c1-3-17-11(15)10(13)12(19-16,18-4-2)9-7-5-6-8-14-9/h5-8,10H,3-4,13,19H2,1-2H3. The second kappa shape index (κ2) is 7.38. The Morgan fingerprint density at radius 2 is 2.21 bits per heavy atom. The first-order valence-corrected chi connectivity index (χ1v) is 7.11. The van der Waals surface area contributed by atoms with Crippen LogP contribution in [0.3, 0.4) is 0 Å². The highest BCUT2D eigenvalue weighted by Gasteiger charge is 2.45. The van der Waals surface area contributed by atoms with Gasteiger partial charge in [0.25, 0.3) is 0 Å². The van der Waals surface area contributed by atoms with E-state index in [1.165, 1.54) is 6.20 Å². The highest BCUT2D eigenvalue weighted by atomic mass is 31.1. The number of hydrogen-bond acceptors (Lipinski definition) is 6. The van der Waals surface area contributed by atoms with Gasteiger partial charge in [-0.1, -0.05) is 6.07 Å². The predicted molar refractivity (Wildman–Crippen MR) is 72.5 cm³/mol. The average Bonchev–Trinajstić information content (AvgIpc) is 2.45. The van der Waals surface area contributed by atoms with Crippen LogP contribution in [0.15, 0.2) is 24.4 Å². The first-order valence-electron chi connectivity index (χ1n) is 6.06. The van der Waals surface area contributed by atoms with Gasteiger partial charge in [0.15, 0.2) is 5.34 Å². The summed E-state index contributed by atoms with van der Waals surface area (Å²) in [6.45, 7) is 3.88. The van der Waals surface area contributed by atoms with E-state index in [0.29, 0.717) is 5.69 Å². The lowest BCUT2D eigenvalue weighted by atomic mass is 10.1. The van der Waals surface area contributed by atoms with Crippen LogP contribution in [0, 0.1) is 0 Å². The third-order valence-electron chi connectivity index (χ3n) is 2.63. The van der Waals surface area contributed by atoms with Gasteiger partial charge in [-0.15, -0.1) is 0 Å². The Kier molecular flexibility index (Phi) is 6.15. The molecule has 0 saturated carbocycles. The molecule has 1 rings (SSSR count). The van der Waals surface area contributed by atoms with Crippen LogP contribution in [-0.2, 0) is 24.2 Å². The minimum atomic E-state index is -1.52. The molecule has 0 aliphatic rings. The first kappa shape index (κ1) is 15.8. The normalized spacial score (nSPS) is 16.2. The SMILES string of the molecule is CCOC(=O)C(N)C(OCC)([PH2]=O)c1ccccn1. The van der Waals surface area contributed by atoms with Gasteiger partial charge in [0.05, 0.1) is 12.3 Å². The number of nitrogens with two attached hydrogens (primary N) is 1. The molecule has 19 heavy (non-hydrogen) atoms. The van der Waals surface area contributed by atoms with Gasteiger partial charge in [0.2, 0.25) is 0 Å². The average molecular weight is 286 g/mol. The Hall–Kier alpha value is -1.23. The molecule has 1 aromatic rings. The summed E-state index contributed by atoms with van der Waals surface area (Å²) in [6, 6.07) is 3.91. The number of hydrogen-bond donors (Lipinski definition) is 1. The van der Waals surface area contributed by atoms with E-state index in [2.05, 4.69) is 4.98 Å². The topological polar surface area (TPSA) is 91.5 Å². The van der Waals surface area contributed by atoms with Gasteiger partial charge in [-0.2, -0.15) is 0 Å². The molecule has 0 amide bonds. The number of nitrogens with zero attached hydrogens (tertiary/aromatic N) is 1. The molecule has 1 aromatic heterocycles. The molecule has 0 bridgehead atoms. The summed E-state index contributed by atoms with van der Waals surface area (Å²) in [6.07, 6.45) is 1.54. The lowest BCUT2D eigenvalue weighted by Crippen LogP contribution is -2.50. The fourth-order valence-electron chi connectivity index (χ4n) is 1.73. The second-order valence-corrected chi connectivity index (χ2v) is 4.88. The Bertz CT molecular complexity index is 429. The van der Waals surface area contributed by atoms with Gasteiger partial charge >= 0.3 is 5.97 Å². The smallest absolute Gasteiger partial charge is 0.326 e. The van der Waals surface area contributed by atoms with Gasteiger partial charge in [0.1, 0.15) is 14.5 Å². The summed E-state index contributed by atoms with van der Waals surface area (Å²) < 4.78 is 22.1. The lowest BCUT2D eigenvalue weighted by molar-refractivity contribution is -0.150. The van der Waals surface area contributed by atoms with E-state index in [1.54, 1.807) is 32.0 Å². The van der Waals surface area contributed by atoms with E-state index in [1.807, 2.05) is 0 Å². The number of esters is 1. The monoisotopic (exact) mass is 286 g/mol. The van der Waals surface area contributed by atoms with Crippen molar-refractivity contribution in [2.75, 3.05) is 13.2 Å². The molecule has 0 aliphatic heterocycles. The largest absolute Gasteiger partial charge is 0.465 e. The molecule has 2 N–H and O–H groups in total. The first-order chi connectivity index (χ1) is 9.12. The minimum Gasteiger partial charge on any atom is -0.465 e. The van der Waals surface area contributed by atoms with Crippen LogP contribution in [0.5, 0.6) is 0 Å². The van der Waals surface area contributed by atoms with Crippen molar-refractivity contribution in [2.24, 2.45) is 5.73 Å². The van der Waals surface area contributed by atoms with Crippen molar-refractivity contribution in [2.45, 2.75) is 25.2 Å². The Morgan fingerprint density at radius 1 is 1.47 bits per heavy atom. The van der Waals surface area contributed by atoms with E-state index < -0.39 is 25.8 Å². The van der Waals surface area contributed by atoms with Crippen molar-refractivity contribution in [1.29, 1.82) is 0 Å². The molecule has 106 valence electrons. The molecule has 0 aliphatic carbocycles. The van der Waals surface area contributed by atoms with Crippen LogP contribution in [-0.4, -0.2) is 30.2 Å². The molecule has 6 nitrogen and oxygen atoms in total. The van der Waals surface area contributed by atoms with Gasteiger partial charge < -0.3 is 19.8 Å². The van der Waals surface area contributed by atoms with E-state index in [4.69, 9.17) is 15.2 Å². The number of ether oxygens (including phenoxy) is 2. The lowest BCUT2D eigenvalue weighted by Gasteiger charge is -2.32. The number of carbonyl (C=O) groups excluding carboxylic acids is 1. The van der Waals surface area contributed by atoms with Gasteiger partial charge in [0, 0.05) is 12.8 Å². The maximum Gasteiger partial charge on any atom is 0.326 e. The molecule has 7 heteroatoms. The summed E-state index contributed by atoms with van der Waals surface area (Å²) >= 11 is 0. The summed E-state index contributed by atoms with van der Waals surface area (Å²) in [4.78, 5) is 15.9. The van der Waals surface area contributed by atoms with Crippen molar-refractivity contribution in [3.8, 4) is 0 Å². The van der Waals surface area contributed by atoms with Crippen molar-refractivity contribution in [3.63, 3.8) is 0 Å². The van der Waals surface area contributed by atoms with Gasteiger partial charge in [-0.05, 0) is 26.0 Å². The zero-order valence-corrected chi connectivity index (χ0v) is 12.2. The van der Waals surface area contributed by atoms with Crippen LogP contribution in [0.4, 0.5) is 0 Å². The fraction of sp³-hybridized carbons (Fsp3) is 0.500. The van der Waals surface area contributed by atoms with Crippen molar-refractivity contribution in [1.82, 2.24) is 4.98 Å². The highest BCUT2D eigenvalue weighted by Crippen LogP contribution is 2.38. The van der Waals surface area contributed by atoms with E-state index >= 15 is 0 Å². The maximum absolute atomic E-state index is 11.8. The Morgan fingerprint density at radius 3 is 2.68 bits per heavy atom. The van der Waals surface area contributed by atoms with E-state index in [0.717, 1.165) is 0 Å². The molecule has 0 aromatic carbocycles.